The highest BCUT2D eigenvalue weighted by Crippen LogP contribution is 2.28. The number of rotatable bonds is 6. The topological polar surface area (TPSA) is 83.5 Å². The molecule has 0 saturated heterocycles. The third-order valence-electron chi connectivity index (χ3n) is 3.37. The fourth-order valence-electron chi connectivity index (χ4n) is 2.42. The van der Waals surface area contributed by atoms with Crippen molar-refractivity contribution in [1.82, 2.24) is 4.72 Å². The molecule has 0 spiro atoms. The number of hydrogen-bond donors (Lipinski definition) is 2. The van der Waals surface area contributed by atoms with E-state index in [2.05, 4.69) is 16.9 Å². The van der Waals surface area contributed by atoms with Gasteiger partial charge in [-0.25, -0.2) is 13.1 Å². The van der Waals surface area contributed by atoms with Gasteiger partial charge in [0.05, 0.1) is 5.75 Å². The summed E-state index contributed by atoms with van der Waals surface area (Å²) in [7, 11) is -3.48. The molecule has 0 aromatic heterocycles. The van der Waals surface area contributed by atoms with Crippen LogP contribution in [0.5, 0.6) is 0 Å². The first-order chi connectivity index (χ1) is 8.96. The van der Waals surface area contributed by atoms with Crippen LogP contribution in [0.15, 0.2) is 24.3 Å². The molecule has 2 N–H and O–H groups in total. The Bertz CT molecular complexity index is 543. The van der Waals surface area contributed by atoms with E-state index in [9.17, 15) is 13.2 Å². The van der Waals surface area contributed by atoms with Crippen LogP contribution in [0.1, 0.15) is 17.5 Å². The Kier molecular flexibility index (Phi) is 4.21. The first-order valence-electron chi connectivity index (χ1n) is 6.22. The second kappa shape index (κ2) is 5.71. The number of fused-ring (bicyclic) bond motifs is 1. The standard InChI is InChI=1S/C13H17NO4S/c15-13(16)9-14-19(17,18)6-5-10-7-11-3-1-2-4-12(11)8-10/h1-4,10,14H,5-9H2,(H,15,16). The summed E-state index contributed by atoms with van der Waals surface area (Å²) in [5.41, 5.74) is 2.59. The van der Waals surface area contributed by atoms with Crippen LogP contribution in [0.25, 0.3) is 0 Å². The molecule has 0 fully saturated rings. The minimum absolute atomic E-state index is 0.0149. The van der Waals surface area contributed by atoms with Gasteiger partial charge in [0.2, 0.25) is 10.0 Å². The highest BCUT2D eigenvalue weighted by molar-refractivity contribution is 7.89. The van der Waals surface area contributed by atoms with Crippen molar-refractivity contribution < 1.29 is 18.3 Å². The van der Waals surface area contributed by atoms with Crippen molar-refractivity contribution >= 4 is 16.0 Å². The molecule has 0 radical (unpaired) electrons. The number of carbonyl (C=O) groups is 1. The molecule has 0 saturated carbocycles. The van der Waals surface area contributed by atoms with Gasteiger partial charge in [0.25, 0.3) is 0 Å². The third-order valence-corrected chi connectivity index (χ3v) is 4.73. The zero-order valence-electron chi connectivity index (χ0n) is 10.5. The van der Waals surface area contributed by atoms with Gasteiger partial charge in [0, 0.05) is 0 Å². The molecule has 104 valence electrons. The summed E-state index contributed by atoms with van der Waals surface area (Å²) in [6.45, 7) is -0.548. The molecule has 0 amide bonds. The molecule has 0 aliphatic heterocycles. The molecule has 19 heavy (non-hydrogen) atoms. The Morgan fingerprint density at radius 1 is 1.26 bits per heavy atom. The van der Waals surface area contributed by atoms with Gasteiger partial charge in [-0.2, -0.15) is 0 Å². The lowest BCUT2D eigenvalue weighted by Gasteiger charge is -2.09. The van der Waals surface area contributed by atoms with Crippen molar-refractivity contribution in [2.24, 2.45) is 5.92 Å². The lowest BCUT2D eigenvalue weighted by Crippen LogP contribution is -2.32. The molecule has 1 aromatic rings. The Balaban J connectivity index is 1.83. The molecule has 5 nitrogen and oxygen atoms in total. The van der Waals surface area contributed by atoms with Gasteiger partial charge in [0.15, 0.2) is 0 Å². The average molecular weight is 283 g/mol. The number of nitrogens with one attached hydrogen (secondary N) is 1. The predicted octanol–water partition coefficient (Wildman–Crippen LogP) is 0.795. The highest BCUT2D eigenvalue weighted by atomic mass is 32.2. The van der Waals surface area contributed by atoms with E-state index >= 15 is 0 Å². The molecule has 0 bridgehead atoms. The molecule has 0 heterocycles. The summed E-state index contributed by atoms with van der Waals surface area (Å²) in [6, 6.07) is 8.14. The molecule has 1 aromatic carbocycles. The molecule has 0 atom stereocenters. The Morgan fingerprint density at radius 2 is 1.84 bits per heavy atom. The van der Waals surface area contributed by atoms with Crippen LogP contribution in [0.2, 0.25) is 0 Å². The van der Waals surface area contributed by atoms with Gasteiger partial charge < -0.3 is 5.11 Å². The summed E-state index contributed by atoms with van der Waals surface area (Å²) in [6.07, 6.45) is 2.37. The molecule has 1 aliphatic carbocycles. The van der Waals surface area contributed by atoms with Crippen LogP contribution < -0.4 is 4.72 Å². The van der Waals surface area contributed by atoms with Crippen LogP contribution in [-0.4, -0.2) is 31.8 Å². The van der Waals surface area contributed by atoms with Crippen LogP contribution in [-0.2, 0) is 27.7 Å². The number of sulfonamides is 1. The van der Waals surface area contributed by atoms with Crippen molar-refractivity contribution in [1.29, 1.82) is 0 Å². The number of hydrogen-bond acceptors (Lipinski definition) is 3. The molecular formula is C13H17NO4S. The third kappa shape index (κ3) is 4.04. The summed E-state index contributed by atoms with van der Waals surface area (Å²) >= 11 is 0. The second-order valence-electron chi connectivity index (χ2n) is 4.87. The van der Waals surface area contributed by atoms with E-state index < -0.39 is 22.5 Å². The maximum atomic E-state index is 11.6. The second-order valence-corrected chi connectivity index (χ2v) is 6.79. The maximum Gasteiger partial charge on any atom is 0.318 e. The van der Waals surface area contributed by atoms with E-state index in [0.717, 1.165) is 12.8 Å². The molecule has 0 unspecified atom stereocenters. The fraction of sp³-hybridized carbons (Fsp3) is 0.462. The number of carboxylic acids is 1. The maximum absolute atomic E-state index is 11.6. The predicted molar refractivity (Wildman–Crippen MR) is 71.4 cm³/mol. The van der Waals surface area contributed by atoms with Gasteiger partial charge in [-0.05, 0) is 36.3 Å². The van der Waals surface area contributed by atoms with Crippen molar-refractivity contribution in [3.05, 3.63) is 35.4 Å². The summed E-state index contributed by atoms with van der Waals surface area (Å²) < 4.78 is 25.3. The largest absolute Gasteiger partial charge is 0.480 e. The van der Waals surface area contributed by atoms with Crippen LogP contribution in [0, 0.1) is 5.92 Å². The minimum atomic E-state index is -3.48. The van der Waals surface area contributed by atoms with E-state index in [4.69, 9.17) is 5.11 Å². The normalized spacial score (nSPS) is 15.4. The van der Waals surface area contributed by atoms with Crippen molar-refractivity contribution in [3.8, 4) is 0 Å². The van der Waals surface area contributed by atoms with Crippen LogP contribution in [0.3, 0.4) is 0 Å². The van der Waals surface area contributed by atoms with Gasteiger partial charge >= 0.3 is 5.97 Å². The number of carboxylic acid groups (broad SMARTS) is 1. The average Bonchev–Trinajstić information content (AvgIpc) is 2.77. The Hall–Kier alpha value is -1.40. The quantitative estimate of drug-likeness (QED) is 0.808. The fourth-order valence-corrected chi connectivity index (χ4v) is 3.55. The monoisotopic (exact) mass is 283 g/mol. The van der Waals surface area contributed by atoms with E-state index in [1.807, 2.05) is 12.1 Å². The minimum Gasteiger partial charge on any atom is -0.480 e. The number of aliphatic carboxylic acids is 1. The van der Waals surface area contributed by atoms with Gasteiger partial charge in [-0.1, -0.05) is 24.3 Å². The van der Waals surface area contributed by atoms with Crippen molar-refractivity contribution in [3.63, 3.8) is 0 Å². The SMILES string of the molecule is O=C(O)CNS(=O)(=O)CCC1Cc2ccccc2C1. The zero-order chi connectivity index (χ0) is 13.9. The molecular weight excluding hydrogens is 266 g/mol. The van der Waals surface area contributed by atoms with Gasteiger partial charge in [-0.3, -0.25) is 4.79 Å². The van der Waals surface area contributed by atoms with Crippen LogP contribution in [0.4, 0.5) is 0 Å². The van der Waals surface area contributed by atoms with E-state index in [0.29, 0.717) is 12.3 Å². The smallest absolute Gasteiger partial charge is 0.318 e. The first kappa shape index (κ1) is 14.0. The first-order valence-corrected chi connectivity index (χ1v) is 7.87. The van der Waals surface area contributed by atoms with Crippen molar-refractivity contribution in [2.75, 3.05) is 12.3 Å². The highest BCUT2D eigenvalue weighted by Gasteiger charge is 2.23. The summed E-state index contributed by atoms with van der Waals surface area (Å²) in [4.78, 5) is 10.3. The Morgan fingerprint density at radius 3 is 2.37 bits per heavy atom. The van der Waals surface area contributed by atoms with E-state index in [-0.39, 0.29) is 5.75 Å². The molecule has 1 aliphatic rings. The zero-order valence-corrected chi connectivity index (χ0v) is 11.3. The molecule has 2 rings (SSSR count). The summed E-state index contributed by atoms with van der Waals surface area (Å²) in [5.74, 6) is -0.852. The van der Waals surface area contributed by atoms with Gasteiger partial charge in [-0.15, -0.1) is 0 Å². The van der Waals surface area contributed by atoms with E-state index in [1.54, 1.807) is 0 Å². The lowest BCUT2D eigenvalue weighted by molar-refractivity contribution is -0.135. The van der Waals surface area contributed by atoms with E-state index in [1.165, 1.54) is 11.1 Å². The van der Waals surface area contributed by atoms with Crippen LogP contribution >= 0.6 is 0 Å². The van der Waals surface area contributed by atoms with Gasteiger partial charge in [0.1, 0.15) is 6.54 Å². The Labute approximate surface area is 112 Å². The number of benzene rings is 1. The molecule has 6 heteroatoms. The van der Waals surface area contributed by atoms with Crippen molar-refractivity contribution in [2.45, 2.75) is 19.3 Å². The summed E-state index contributed by atoms with van der Waals surface area (Å²) in [5, 5.41) is 8.45. The lowest BCUT2D eigenvalue weighted by atomic mass is 10.0.